The van der Waals surface area contributed by atoms with Gasteiger partial charge in [0.1, 0.15) is 23.9 Å². The highest BCUT2D eigenvalue weighted by atomic mass is 16.5. The maximum absolute atomic E-state index is 14.7. The number of aryl methyl sites for hydroxylation is 1. The van der Waals surface area contributed by atoms with Gasteiger partial charge in [0, 0.05) is 67.8 Å². The van der Waals surface area contributed by atoms with Crippen molar-refractivity contribution in [2.45, 2.75) is 110 Å². The number of hydrazine groups is 1. The predicted octanol–water partition coefficient (Wildman–Crippen LogP) is 5.25. The molecule has 15 heteroatoms. The van der Waals surface area contributed by atoms with Gasteiger partial charge in [0.05, 0.1) is 36.6 Å². The lowest BCUT2D eigenvalue weighted by Crippen LogP contribution is -2.62. The summed E-state index contributed by atoms with van der Waals surface area (Å²) in [6.45, 7) is 13.5. The average molecular weight is 894 g/mol. The number of aliphatic hydroxyl groups is 1. The molecule has 3 amide bonds. The zero-order chi connectivity index (χ0) is 46.9. The molecule has 3 aliphatic rings. The number of hydrogen-bond acceptors (Lipinski definition) is 11. The number of benzene rings is 2. The van der Waals surface area contributed by atoms with E-state index in [9.17, 15) is 29.4 Å². The highest BCUT2D eigenvalue weighted by Gasteiger charge is 2.42. The fourth-order valence-electron chi connectivity index (χ4n) is 10.2. The Bertz CT molecular complexity index is 2410. The molecule has 0 spiro atoms. The minimum atomic E-state index is -1.15. The van der Waals surface area contributed by atoms with E-state index in [0.29, 0.717) is 44.3 Å². The van der Waals surface area contributed by atoms with Gasteiger partial charge in [-0.1, -0.05) is 39.8 Å². The zero-order valence-corrected chi connectivity index (χ0v) is 39.4. The standard InChI is InChI=1S/C50H67N7O8/c1-10-56-41-16-15-32-25-37(41)38(45(56)36-13-11-18-51-43(36)30(4)64-9)26-50(5,6)28-65-49(63)39-14-12-19-57(53-39)48(62)40(23-31-21-33(32)24-34(59)22-31)52-46(60)44(29(2)3)55(8)47(61)35-17-20-54(7)42(35)27-58/h11,13,15-16,18,21-22,24-25,29-30,35,39-40,42,44,53,58-59H,10,12,14,17,19-20,23,26-28H2,1-9H3,(H,52,60)/t30-,35-,39-,40-,42+,44-/m0/s1. The van der Waals surface area contributed by atoms with E-state index in [4.69, 9.17) is 14.5 Å². The summed E-state index contributed by atoms with van der Waals surface area (Å²) in [5.41, 5.74) is 9.59. The number of nitrogens with one attached hydrogen (secondary N) is 2. The smallest absolute Gasteiger partial charge is 0.324 e. The van der Waals surface area contributed by atoms with E-state index in [-0.39, 0.29) is 55.9 Å². The number of cyclic esters (lactones) is 1. The van der Waals surface area contributed by atoms with Crippen molar-refractivity contribution in [1.82, 2.24) is 35.1 Å². The summed E-state index contributed by atoms with van der Waals surface area (Å²) in [6, 6.07) is 12.2. The predicted molar refractivity (Wildman–Crippen MR) is 248 cm³/mol. The van der Waals surface area contributed by atoms with Crippen molar-refractivity contribution in [3.8, 4) is 28.1 Å². The molecule has 2 fully saturated rings. The van der Waals surface area contributed by atoms with Gasteiger partial charge in [0.15, 0.2) is 0 Å². The molecule has 6 bridgehead atoms. The number of likely N-dealkylation sites (tertiary alicyclic amines) is 1. The highest BCUT2D eigenvalue weighted by molar-refractivity contribution is 5.96. The summed E-state index contributed by atoms with van der Waals surface area (Å²) in [7, 11) is 5.15. The molecule has 0 unspecified atom stereocenters. The summed E-state index contributed by atoms with van der Waals surface area (Å²) < 4.78 is 14.2. The van der Waals surface area contributed by atoms with Crippen LogP contribution in [0.2, 0.25) is 0 Å². The lowest BCUT2D eigenvalue weighted by Gasteiger charge is -2.37. The summed E-state index contributed by atoms with van der Waals surface area (Å²) in [5, 5.41) is 26.9. The number of aromatic nitrogens is 2. The Balaban J connectivity index is 1.33. The Morgan fingerprint density at radius 2 is 1.85 bits per heavy atom. The van der Waals surface area contributed by atoms with Crippen LogP contribution < -0.4 is 10.7 Å². The van der Waals surface area contributed by atoms with Crippen LogP contribution in [0.5, 0.6) is 5.75 Å². The van der Waals surface area contributed by atoms with E-state index in [0.717, 1.165) is 44.5 Å². The number of phenolic OH excluding ortho intramolecular Hbond substituents is 1. The molecule has 350 valence electrons. The number of esters is 1. The first-order valence-electron chi connectivity index (χ1n) is 23.1. The molecule has 3 aliphatic heterocycles. The molecule has 4 aromatic rings. The highest BCUT2D eigenvalue weighted by Crippen LogP contribution is 2.42. The first-order valence-corrected chi connectivity index (χ1v) is 23.1. The van der Waals surface area contributed by atoms with Gasteiger partial charge in [0.2, 0.25) is 11.8 Å². The Morgan fingerprint density at radius 3 is 2.55 bits per heavy atom. The van der Waals surface area contributed by atoms with Crippen LogP contribution in [-0.4, -0.2) is 130 Å². The number of methoxy groups -OCH3 is 1. The number of carbonyl (C=O) groups excluding carboxylic acids is 4. The molecule has 6 atom stereocenters. The summed E-state index contributed by atoms with van der Waals surface area (Å²) in [5.74, 6) is -2.51. The number of pyridine rings is 1. The van der Waals surface area contributed by atoms with E-state index >= 15 is 0 Å². The van der Waals surface area contributed by atoms with Crippen LogP contribution in [0.25, 0.3) is 33.3 Å². The van der Waals surface area contributed by atoms with Crippen LogP contribution in [0, 0.1) is 17.3 Å². The van der Waals surface area contributed by atoms with Gasteiger partial charge in [-0.05, 0) is 118 Å². The number of hydrogen-bond donors (Lipinski definition) is 4. The van der Waals surface area contributed by atoms with Crippen molar-refractivity contribution >= 4 is 34.6 Å². The van der Waals surface area contributed by atoms with Crippen LogP contribution in [0.1, 0.15) is 83.7 Å². The van der Waals surface area contributed by atoms with Gasteiger partial charge in [0.25, 0.3) is 5.91 Å². The molecule has 2 aromatic heterocycles. The number of fused-ring (bicyclic) bond motifs is 6. The molecule has 0 saturated carbocycles. The maximum atomic E-state index is 14.7. The van der Waals surface area contributed by atoms with Gasteiger partial charge in [-0.25, -0.2) is 5.43 Å². The first kappa shape index (κ1) is 47.6. The molecule has 0 radical (unpaired) electrons. The molecule has 4 N–H and O–H groups in total. The van der Waals surface area contributed by atoms with E-state index in [1.54, 1.807) is 32.5 Å². The van der Waals surface area contributed by atoms with Gasteiger partial charge >= 0.3 is 5.97 Å². The molecule has 2 saturated heterocycles. The number of aliphatic hydroxyl groups excluding tert-OH is 1. The van der Waals surface area contributed by atoms with Crippen LogP contribution >= 0.6 is 0 Å². The third kappa shape index (κ3) is 9.79. The Hall–Kier alpha value is -5.35. The minimum absolute atomic E-state index is 0.00125. The van der Waals surface area contributed by atoms with Gasteiger partial charge < -0.3 is 39.4 Å². The number of likely N-dealkylation sites (N-methyl/N-ethyl adjacent to an activating group) is 2. The van der Waals surface area contributed by atoms with E-state index in [1.807, 2.05) is 50.9 Å². The number of carbonyl (C=O) groups is 4. The zero-order valence-electron chi connectivity index (χ0n) is 39.4. The minimum Gasteiger partial charge on any atom is -0.508 e. The van der Waals surface area contributed by atoms with E-state index in [1.165, 1.54) is 9.91 Å². The van der Waals surface area contributed by atoms with Crippen molar-refractivity contribution in [2.24, 2.45) is 17.3 Å². The number of amides is 3. The SMILES string of the molecule is CCn1c(-c2cccnc2[C@H](C)OC)c2c3cc(ccc31)-c1cc(O)cc(c1)C[C@H](NC(=O)[C@H](C(C)C)N(C)C(=O)[C@H]1CCN(C)[C@@H]1CO)C(=O)N1CCC[C@H](N1)C(=O)OCC(C)(C)C2. The summed E-state index contributed by atoms with van der Waals surface area (Å²) in [6.07, 6.45) is 3.56. The van der Waals surface area contributed by atoms with E-state index < -0.39 is 47.2 Å². The van der Waals surface area contributed by atoms with Crippen LogP contribution in [0.3, 0.4) is 0 Å². The summed E-state index contributed by atoms with van der Waals surface area (Å²) in [4.78, 5) is 65.3. The number of aromatic hydroxyl groups is 1. The van der Waals surface area contributed by atoms with Crippen LogP contribution in [0.4, 0.5) is 0 Å². The molecule has 7 rings (SSSR count). The second kappa shape index (κ2) is 19.6. The average Bonchev–Trinajstić information content (AvgIpc) is 3.81. The lowest BCUT2D eigenvalue weighted by molar-refractivity contribution is -0.155. The lowest BCUT2D eigenvalue weighted by atomic mass is 9.84. The largest absolute Gasteiger partial charge is 0.508 e. The molecule has 0 aliphatic carbocycles. The number of rotatable bonds is 10. The second-order valence-electron chi connectivity index (χ2n) is 19.3. The molecular weight excluding hydrogens is 827 g/mol. The van der Waals surface area contributed by atoms with Crippen molar-refractivity contribution < 1.29 is 38.9 Å². The maximum Gasteiger partial charge on any atom is 0.324 e. The fraction of sp³-hybridized carbons (Fsp3) is 0.540. The molecule has 5 heterocycles. The van der Waals surface area contributed by atoms with Gasteiger partial charge in [-0.3, -0.25) is 29.2 Å². The summed E-state index contributed by atoms with van der Waals surface area (Å²) >= 11 is 0. The Kier molecular flexibility index (Phi) is 14.4. The van der Waals surface area contributed by atoms with Crippen LogP contribution in [0.15, 0.2) is 54.7 Å². The van der Waals surface area contributed by atoms with Crippen molar-refractivity contribution in [3.63, 3.8) is 0 Å². The van der Waals surface area contributed by atoms with E-state index in [2.05, 4.69) is 54.3 Å². The molecule has 15 nitrogen and oxygen atoms in total. The van der Waals surface area contributed by atoms with Crippen molar-refractivity contribution in [2.75, 3.05) is 47.5 Å². The molecule has 65 heavy (non-hydrogen) atoms. The van der Waals surface area contributed by atoms with Crippen LogP contribution in [-0.2, 0) is 48.0 Å². The number of ether oxygens (including phenoxy) is 2. The third-order valence-corrected chi connectivity index (χ3v) is 13.7. The third-order valence-electron chi connectivity index (χ3n) is 13.7. The molecule has 2 aromatic carbocycles. The van der Waals surface area contributed by atoms with Gasteiger partial charge in [-0.15, -0.1) is 0 Å². The van der Waals surface area contributed by atoms with Gasteiger partial charge in [-0.2, -0.15) is 0 Å². The monoisotopic (exact) mass is 894 g/mol. The molecular formula is C50H67N7O8. The Labute approximate surface area is 382 Å². The fourth-order valence-corrected chi connectivity index (χ4v) is 10.2. The number of nitrogens with zero attached hydrogens (tertiary/aromatic N) is 5. The topological polar surface area (TPSA) is 179 Å². The first-order chi connectivity index (χ1) is 31.0. The van der Waals surface area contributed by atoms with Crippen molar-refractivity contribution in [1.29, 1.82) is 0 Å². The number of phenols is 1. The second-order valence-corrected chi connectivity index (χ2v) is 19.3. The quantitative estimate of drug-likeness (QED) is 0.153. The normalized spacial score (nSPS) is 22.7. The van der Waals surface area contributed by atoms with Crippen molar-refractivity contribution in [3.05, 3.63) is 71.5 Å². The Morgan fingerprint density at radius 1 is 1.08 bits per heavy atom.